The first kappa shape index (κ1) is 17.9. The average molecular weight is 397 g/mol. The van der Waals surface area contributed by atoms with E-state index in [1.807, 2.05) is 19.1 Å². The number of benzene rings is 2. The van der Waals surface area contributed by atoms with Gasteiger partial charge in [-0.2, -0.15) is 0 Å². The Morgan fingerprint density at radius 2 is 2.00 bits per heavy atom. The molecule has 1 aliphatic rings. The van der Waals surface area contributed by atoms with Gasteiger partial charge in [0.2, 0.25) is 0 Å². The topological polar surface area (TPSA) is 0 Å². The standard InChI is InChI=1S/C23H22BrF/c1-5-15(3)20-13-17(6-9-23(20)25)12-18-7-8-19-21(16(18)4)10-14(2)11-22(19)24/h6,9-13H,3-5,7-8H2,1-2H3/b18-12+. The fourth-order valence-electron chi connectivity index (χ4n) is 3.33. The number of allylic oxidation sites excluding steroid dienone is 3. The summed E-state index contributed by atoms with van der Waals surface area (Å²) in [6.45, 7) is 12.4. The van der Waals surface area contributed by atoms with Crippen molar-refractivity contribution < 1.29 is 4.39 Å². The van der Waals surface area contributed by atoms with Crippen molar-refractivity contribution in [3.63, 3.8) is 0 Å². The lowest BCUT2D eigenvalue weighted by atomic mass is 9.83. The molecule has 0 saturated heterocycles. The molecule has 2 aromatic carbocycles. The molecule has 0 aromatic heterocycles. The number of aryl methyl sites for hydroxylation is 1. The van der Waals surface area contributed by atoms with E-state index >= 15 is 0 Å². The Kier molecular flexibility index (Phi) is 5.10. The molecular formula is C23H22BrF. The monoisotopic (exact) mass is 396 g/mol. The predicted molar refractivity (Wildman–Crippen MR) is 110 cm³/mol. The molecule has 0 unspecified atom stereocenters. The summed E-state index contributed by atoms with van der Waals surface area (Å²) in [7, 11) is 0. The van der Waals surface area contributed by atoms with Crippen molar-refractivity contribution in [2.75, 3.05) is 0 Å². The first-order valence-corrected chi connectivity index (χ1v) is 9.37. The van der Waals surface area contributed by atoms with E-state index in [0.717, 1.165) is 40.4 Å². The molecular weight excluding hydrogens is 375 g/mol. The normalized spacial score (nSPS) is 15.4. The van der Waals surface area contributed by atoms with Gasteiger partial charge >= 0.3 is 0 Å². The lowest BCUT2D eigenvalue weighted by Crippen LogP contribution is -2.05. The molecule has 0 fully saturated rings. The fourth-order valence-corrected chi connectivity index (χ4v) is 4.11. The minimum Gasteiger partial charge on any atom is -0.206 e. The van der Waals surface area contributed by atoms with Gasteiger partial charge in [-0.1, -0.05) is 54.2 Å². The molecule has 0 amide bonds. The Labute approximate surface area is 157 Å². The van der Waals surface area contributed by atoms with Gasteiger partial charge in [-0.05, 0) is 83.4 Å². The van der Waals surface area contributed by atoms with Gasteiger partial charge in [-0.3, -0.25) is 0 Å². The Morgan fingerprint density at radius 1 is 1.24 bits per heavy atom. The molecule has 0 aliphatic heterocycles. The van der Waals surface area contributed by atoms with Crippen LogP contribution < -0.4 is 0 Å². The van der Waals surface area contributed by atoms with E-state index in [9.17, 15) is 4.39 Å². The van der Waals surface area contributed by atoms with Gasteiger partial charge in [-0.15, -0.1) is 0 Å². The highest BCUT2D eigenvalue weighted by atomic mass is 79.9. The second-order valence-corrected chi connectivity index (χ2v) is 7.47. The maximum absolute atomic E-state index is 14.0. The molecule has 0 nitrogen and oxygen atoms in total. The highest BCUT2D eigenvalue weighted by Crippen LogP contribution is 2.39. The van der Waals surface area contributed by atoms with Crippen LogP contribution in [0.5, 0.6) is 0 Å². The molecule has 25 heavy (non-hydrogen) atoms. The third-order valence-electron chi connectivity index (χ3n) is 4.84. The highest BCUT2D eigenvalue weighted by molar-refractivity contribution is 9.10. The van der Waals surface area contributed by atoms with E-state index in [0.29, 0.717) is 5.56 Å². The SMILES string of the molecule is C=C(CC)c1cc(/C=C2\CCc3c(Br)cc(C)cc3C2=C)ccc1F. The third kappa shape index (κ3) is 3.55. The largest absolute Gasteiger partial charge is 0.206 e. The Morgan fingerprint density at radius 3 is 2.72 bits per heavy atom. The summed E-state index contributed by atoms with van der Waals surface area (Å²) in [6, 6.07) is 9.60. The summed E-state index contributed by atoms with van der Waals surface area (Å²) in [5.41, 5.74) is 8.46. The van der Waals surface area contributed by atoms with Crippen molar-refractivity contribution in [2.45, 2.75) is 33.1 Å². The minimum atomic E-state index is -0.207. The summed E-state index contributed by atoms with van der Waals surface area (Å²) < 4.78 is 15.2. The number of hydrogen-bond acceptors (Lipinski definition) is 0. The van der Waals surface area contributed by atoms with Crippen LogP contribution in [-0.4, -0.2) is 0 Å². The van der Waals surface area contributed by atoms with Crippen molar-refractivity contribution in [3.05, 3.63) is 87.2 Å². The van der Waals surface area contributed by atoms with Gasteiger partial charge in [0.15, 0.2) is 0 Å². The first-order valence-electron chi connectivity index (χ1n) is 8.57. The van der Waals surface area contributed by atoms with E-state index in [1.165, 1.54) is 28.3 Å². The number of rotatable bonds is 3. The molecule has 0 N–H and O–H groups in total. The van der Waals surface area contributed by atoms with Crippen LogP contribution in [0.15, 0.2) is 53.5 Å². The van der Waals surface area contributed by atoms with Crippen molar-refractivity contribution in [3.8, 4) is 0 Å². The summed E-state index contributed by atoms with van der Waals surface area (Å²) in [6.07, 6.45) is 4.80. The quantitative estimate of drug-likeness (QED) is 0.507. The van der Waals surface area contributed by atoms with Crippen molar-refractivity contribution in [2.24, 2.45) is 0 Å². The second kappa shape index (κ2) is 7.13. The summed E-state index contributed by atoms with van der Waals surface area (Å²) in [5, 5.41) is 0. The van der Waals surface area contributed by atoms with Crippen LogP contribution in [0.4, 0.5) is 4.39 Å². The van der Waals surface area contributed by atoms with Gasteiger partial charge in [-0.25, -0.2) is 4.39 Å². The lowest BCUT2D eigenvalue weighted by molar-refractivity contribution is 0.623. The highest BCUT2D eigenvalue weighted by Gasteiger charge is 2.19. The molecule has 0 spiro atoms. The zero-order valence-electron chi connectivity index (χ0n) is 14.8. The van der Waals surface area contributed by atoms with Crippen LogP contribution in [-0.2, 0) is 6.42 Å². The summed E-state index contributed by atoms with van der Waals surface area (Å²) >= 11 is 3.68. The van der Waals surface area contributed by atoms with E-state index < -0.39 is 0 Å². The molecule has 2 heteroatoms. The molecule has 3 rings (SSSR count). The number of halogens is 2. The van der Waals surface area contributed by atoms with E-state index in [1.54, 1.807) is 0 Å². The number of fused-ring (bicyclic) bond motifs is 1. The number of hydrogen-bond donors (Lipinski definition) is 0. The Balaban J connectivity index is 2.00. The second-order valence-electron chi connectivity index (χ2n) is 6.62. The molecule has 0 saturated carbocycles. The minimum absolute atomic E-state index is 0.207. The van der Waals surface area contributed by atoms with Crippen LogP contribution in [0.2, 0.25) is 0 Å². The summed E-state index contributed by atoms with van der Waals surface area (Å²) in [4.78, 5) is 0. The third-order valence-corrected chi connectivity index (χ3v) is 5.54. The zero-order valence-corrected chi connectivity index (χ0v) is 16.3. The molecule has 2 aromatic rings. The van der Waals surface area contributed by atoms with Crippen LogP contribution in [0.3, 0.4) is 0 Å². The van der Waals surface area contributed by atoms with Gasteiger partial charge in [0.05, 0.1) is 0 Å². The molecule has 1 aliphatic carbocycles. The Hall–Kier alpha value is -1.93. The molecule has 0 radical (unpaired) electrons. The van der Waals surface area contributed by atoms with E-state index in [2.05, 4.69) is 54.2 Å². The van der Waals surface area contributed by atoms with Crippen LogP contribution in [0.25, 0.3) is 17.2 Å². The average Bonchev–Trinajstić information content (AvgIpc) is 2.58. The van der Waals surface area contributed by atoms with Crippen LogP contribution >= 0.6 is 15.9 Å². The van der Waals surface area contributed by atoms with Gasteiger partial charge < -0.3 is 0 Å². The predicted octanol–water partition coefficient (Wildman–Crippen LogP) is 7.36. The van der Waals surface area contributed by atoms with Crippen molar-refractivity contribution in [1.29, 1.82) is 0 Å². The van der Waals surface area contributed by atoms with Gasteiger partial charge in [0, 0.05) is 10.0 Å². The fraction of sp³-hybridized carbons (Fsp3) is 0.217. The first-order chi connectivity index (χ1) is 11.9. The van der Waals surface area contributed by atoms with Crippen molar-refractivity contribution in [1.82, 2.24) is 0 Å². The van der Waals surface area contributed by atoms with Crippen LogP contribution in [0, 0.1) is 12.7 Å². The summed E-state index contributed by atoms with van der Waals surface area (Å²) in [5.74, 6) is -0.207. The molecule has 0 heterocycles. The Bertz CT molecular complexity index is 903. The maximum Gasteiger partial charge on any atom is 0.130 e. The zero-order chi connectivity index (χ0) is 18.1. The van der Waals surface area contributed by atoms with Gasteiger partial charge in [0.1, 0.15) is 5.82 Å². The smallest absolute Gasteiger partial charge is 0.130 e. The lowest BCUT2D eigenvalue weighted by Gasteiger charge is -2.23. The molecule has 0 bridgehead atoms. The van der Waals surface area contributed by atoms with Crippen molar-refractivity contribution >= 4 is 33.2 Å². The van der Waals surface area contributed by atoms with E-state index in [-0.39, 0.29) is 5.82 Å². The van der Waals surface area contributed by atoms with Gasteiger partial charge in [0.25, 0.3) is 0 Å². The maximum atomic E-state index is 14.0. The molecule has 128 valence electrons. The van der Waals surface area contributed by atoms with E-state index in [4.69, 9.17) is 0 Å². The molecule has 0 atom stereocenters. The van der Waals surface area contributed by atoms with Crippen LogP contribution in [0.1, 0.15) is 47.6 Å².